The second-order valence-corrected chi connectivity index (χ2v) is 10.4. The molecule has 0 spiro atoms. The molecule has 0 radical (unpaired) electrons. The third-order valence-corrected chi connectivity index (χ3v) is 6.99. The van der Waals surface area contributed by atoms with Crippen molar-refractivity contribution in [2.75, 3.05) is 0 Å². The number of aromatic nitrogens is 1. The van der Waals surface area contributed by atoms with Crippen LogP contribution in [0.5, 0.6) is 11.8 Å². The maximum Gasteiger partial charge on any atom is 0.193 e. The summed E-state index contributed by atoms with van der Waals surface area (Å²) in [6.07, 6.45) is 15.2. The molecule has 4 heteroatoms. The van der Waals surface area contributed by atoms with Crippen LogP contribution in [-0.2, 0) is 6.54 Å². The minimum absolute atomic E-state index is 0.161. The highest BCUT2D eigenvalue weighted by Crippen LogP contribution is 2.42. The van der Waals surface area contributed by atoms with Crippen LogP contribution in [0.2, 0.25) is 0 Å². The van der Waals surface area contributed by atoms with Crippen LogP contribution < -0.4 is 0 Å². The van der Waals surface area contributed by atoms with E-state index in [4.69, 9.17) is 0 Å². The molecule has 168 valence electrons. The van der Waals surface area contributed by atoms with E-state index in [0.29, 0.717) is 12.6 Å². The molecule has 0 bridgehead atoms. The summed E-state index contributed by atoms with van der Waals surface area (Å²) in [7, 11) is 0. The Bertz CT molecular complexity index is 570. The summed E-state index contributed by atoms with van der Waals surface area (Å²) < 4.78 is 1.62. The van der Waals surface area contributed by atoms with Gasteiger partial charge in [0.2, 0.25) is 0 Å². The molecule has 1 fully saturated rings. The van der Waals surface area contributed by atoms with Crippen molar-refractivity contribution in [3.8, 4) is 11.8 Å². The predicted molar refractivity (Wildman–Crippen MR) is 123 cm³/mol. The van der Waals surface area contributed by atoms with Crippen LogP contribution in [0, 0.1) is 0 Å². The summed E-state index contributed by atoms with van der Waals surface area (Å²) in [6.45, 7) is 12.6. The fraction of sp³-hybridized carbons (Fsp3) is 0.840. The van der Waals surface area contributed by atoms with Crippen molar-refractivity contribution in [1.29, 1.82) is 0 Å². The second-order valence-electron chi connectivity index (χ2n) is 10.4. The lowest BCUT2D eigenvalue weighted by molar-refractivity contribution is -0.0671. The summed E-state index contributed by atoms with van der Waals surface area (Å²) >= 11 is 0. The van der Waals surface area contributed by atoms with Crippen LogP contribution in [0.25, 0.3) is 0 Å². The Morgan fingerprint density at radius 3 is 1.93 bits per heavy atom. The van der Waals surface area contributed by atoms with Crippen LogP contribution in [0.15, 0.2) is 12.1 Å². The van der Waals surface area contributed by atoms with Gasteiger partial charge in [0.25, 0.3) is 0 Å². The smallest absolute Gasteiger partial charge is 0.193 e. The van der Waals surface area contributed by atoms with E-state index in [1.54, 1.807) is 16.7 Å². The summed E-state index contributed by atoms with van der Waals surface area (Å²) in [6, 6.07) is 3.70. The lowest BCUT2D eigenvalue weighted by Gasteiger charge is -2.56. The van der Waals surface area contributed by atoms with Gasteiger partial charge in [-0.2, -0.15) is 0 Å². The Hall–Kier alpha value is -1.16. The van der Waals surface area contributed by atoms with E-state index in [1.165, 1.54) is 64.2 Å². The summed E-state index contributed by atoms with van der Waals surface area (Å²) in [4.78, 5) is 2.82. The Balaban J connectivity index is 2.01. The number of hydrogen-bond acceptors (Lipinski definition) is 3. The second kappa shape index (κ2) is 10.7. The summed E-state index contributed by atoms with van der Waals surface area (Å²) in [5, 5.41) is 19.9. The van der Waals surface area contributed by atoms with Crippen molar-refractivity contribution in [2.45, 2.75) is 135 Å². The maximum absolute atomic E-state index is 9.95. The van der Waals surface area contributed by atoms with Gasteiger partial charge in [-0.25, -0.2) is 0 Å². The van der Waals surface area contributed by atoms with Crippen molar-refractivity contribution in [3.63, 3.8) is 0 Å². The predicted octanol–water partition coefficient (Wildman–Crippen LogP) is 6.84. The topological polar surface area (TPSA) is 48.6 Å². The highest BCUT2D eigenvalue weighted by molar-refractivity contribution is 5.23. The molecule has 0 saturated carbocycles. The average Bonchev–Trinajstić information content (AvgIpc) is 2.94. The molecule has 2 N–H and O–H groups in total. The maximum atomic E-state index is 9.95. The highest BCUT2D eigenvalue weighted by atomic mass is 16.3. The molecule has 2 rings (SSSR count). The first-order valence-corrected chi connectivity index (χ1v) is 12.1. The molecule has 29 heavy (non-hydrogen) atoms. The molecule has 0 aliphatic carbocycles. The number of unbranched alkanes of at least 4 members (excludes halogenated alkanes) is 5. The largest absolute Gasteiger partial charge is 0.494 e. The quantitative estimate of drug-likeness (QED) is 0.373. The Morgan fingerprint density at radius 1 is 0.828 bits per heavy atom. The SMILES string of the molecule is CCCCCCCCC(CCCn1c(O)ccc1O)N1C(C)(C)CCCC1(C)C. The number of rotatable bonds is 12. The molecule has 4 nitrogen and oxygen atoms in total. The van der Waals surface area contributed by atoms with Gasteiger partial charge in [0.1, 0.15) is 0 Å². The molecule has 0 amide bonds. The normalized spacial score (nSPS) is 20.0. The standard InChI is InChI=1S/C25H46N2O2/c1-6-7-8-9-10-11-14-21(15-12-20-26-22(28)16-17-23(26)29)27-24(2,3)18-13-19-25(27,4)5/h16-17,21,28-29H,6-15,18-20H2,1-5H3. The number of hydrogen-bond donors (Lipinski definition) is 2. The molecule has 1 atom stereocenters. The first-order valence-electron chi connectivity index (χ1n) is 12.1. The highest BCUT2D eigenvalue weighted by Gasteiger charge is 2.44. The third-order valence-electron chi connectivity index (χ3n) is 6.99. The summed E-state index contributed by atoms with van der Waals surface area (Å²) in [5.74, 6) is 0.321. The molecular formula is C25H46N2O2. The van der Waals surface area contributed by atoms with Gasteiger partial charge in [0.05, 0.1) is 0 Å². The van der Waals surface area contributed by atoms with Gasteiger partial charge >= 0.3 is 0 Å². The van der Waals surface area contributed by atoms with Crippen LogP contribution in [0.3, 0.4) is 0 Å². The van der Waals surface area contributed by atoms with Crippen LogP contribution in [-0.4, -0.2) is 36.8 Å². The van der Waals surface area contributed by atoms with E-state index in [9.17, 15) is 10.2 Å². The number of aromatic hydroxyl groups is 2. The van der Waals surface area contributed by atoms with Gasteiger partial charge in [-0.3, -0.25) is 9.47 Å². The molecule has 1 aliphatic rings. The summed E-state index contributed by atoms with van der Waals surface area (Å²) in [5.41, 5.74) is 0.457. The molecule has 1 saturated heterocycles. The Labute approximate surface area is 179 Å². The third kappa shape index (κ3) is 6.67. The molecule has 1 aromatic heterocycles. The monoisotopic (exact) mass is 406 g/mol. The van der Waals surface area contributed by atoms with Crippen molar-refractivity contribution in [2.24, 2.45) is 0 Å². The fourth-order valence-corrected chi connectivity index (χ4v) is 5.73. The Kier molecular flexibility index (Phi) is 8.93. The molecule has 2 heterocycles. The van der Waals surface area contributed by atoms with Gasteiger partial charge in [-0.05, 0) is 66.2 Å². The molecule has 0 aromatic carbocycles. The minimum Gasteiger partial charge on any atom is -0.494 e. The zero-order chi connectivity index (χ0) is 21.5. The van der Waals surface area contributed by atoms with E-state index in [0.717, 1.165) is 12.8 Å². The van der Waals surface area contributed by atoms with Gasteiger partial charge in [-0.15, -0.1) is 0 Å². The van der Waals surface area contributed by atoms with E-state index in [2.05, 4.69) is 39.5 Å². The van der Waals surface area contributed by atoms with Gasteiger partial charge < -0.3 is 10.2 Å². The lowest BCUT2D eigenvalue weighted by Crippen LogP contribution is -2.62. The van der Waals surface area contributed by atoms with Crippen LogP contribution in [0.1, 0.15) is 112 Å². The van der Waals surface area contributed by atoms with Crippen molar-refractivity contribution in [1.82, 2.24) is 9.47 Å². The first-order chi connectivity index (χ1) is 13.7. The van der Waals surface area contributed by atoms with Crippen molar-refractivity contribution in [3.05, 3.63) is 12.1 Å². The van der Waals surface area contributed by atoms with Crippen LogP contribution >= 0.6 is 0 Å². The average molecular weight is 407 g/mol. The van der Waals surface area contributed by atoms with Crippen LogP contribution in [0.4, 0.5) is 0 Å². The number of likely N-dealkylation sites (tertiary alicyclic amines) is 1. The Morgan fingerprint density at radius 2 is 1.34 bits per heavy atom. The van der Waals surface area contributed by atoms with Crippen molar-refractivity contribution < 1.29 is 10.2 Å². The number of piperidine rings is 1. The van der Waals surface area contributed by atoms with E-state index in [-0.39, 0.29) is 22.8 Å². The zero-order valence-electron chi connectivity index (χ0n) is 19.7. The van der Waals surface area contributed by atoms with Gasteiger partial charge in [-0.1, -0.05) is 45.4 Å². The molecule has 1 aliphatic heterocycles. The minimum atomic E-state index is 0.161. The van der Waals surface area contributed by atoms with E-state index >= 15 is 0 Å². The van der Waals surface area contributed by atoms with Crippen molar-refractivity contribution >= 4 is 0 Å². The van der Waals surface area contributed by atoms with E-state index < -0.39 is 0 Å². The van der Waals surface area contributed by atoms with Gasteiger partial charge in [0, 0.05) is 35.8 Å². The number of nitrogens with zero attached hydrogens (tertiary/aromatic N) is 2. The fourth-order valence-electron chi connectivity index (χ4n) is 5.73. The van der Waals surface area contributed by atoms with E-state index in [1.807, 2.05) is 0 Å². The van der Waals surface area contributed by atoms with Gasteiger partial charge in [0.15, 0.2) is 11.8 Å². The molecule has 1 aromatic rings. The lowest BCUT2D eigenvalue weighted by atomic mass is 9.77. The zero-order valence-corrected chi connectivity index (χ0v) is 19.7. The first kappa shape index (κ1) is 24.1. The molecular weight excluding hydrogens is 360 g/mol. The molecule has 1 unspecified atom stereocenters.